The second kappa shape index (κ2) is 12.5. The van der Waals surface area contributed by atoms with E-state index in [2.05, 4.69) is 10.6 Å². The van der Waals surface area contributed by atoms with Crippen molar-refractivity contribution < 1.29 is 22.8 Å². The molecule has 1 atom stereocenters. The van der Waals surface area contributed by atoms with Gasteiger partial charge in [0.05, 0.1) is 34.3 Å². The third-order valence-electron chi connectivity index (χ3n) is 7.61. The van der Waals surface area contributed by atoms with Crippen LogP contribution in [0.1, 0.15) is 41.5 Å². The molecule has 0 saturated carbocycles. The number of anilines is 2. The van der Waals surface area contributed by atoms with Gasteiger partial charge in [0, 0.05) is 18.1 Å². The van der Waals surface area contributed by atoms with Gasteiger partial charge in [-0.1, -0.05) is 35.9 Å². The van der Waals surface area contributed by atoms with Crippen LogP contribution in [0.25, 0.3) is 6.08 Å². The van der Waals surface area contributed by atoms with E-state index in [1.54, 1.807) is 73.3 Å². The van der Waals surface area contributed by atoms with Gasteiger partial charge in [0.2, 0.25) is 11.8 Å². The largest absolute Gasteiger partial charge is 0.337 e. The summed E-state index contributed by atoms with van der Waals surface area (Å²) in [6.45, 7) is 4.36. The predicted octanol–water partition coefficient (Wildman–Crippen LogP) is 4.51. The van der Waals surface area contributed by atoms with Gasteiger partial charge in [-0.15, -0.1) is 0 Å². The van der Waals surface area contributed by atoms with E-state index in [1.165, 1.54) is 12.1 Å². The Bertz CT molecular complexity index is 1830. The topological polar surface area (TPSA) is 140 Å². The van der Waals surface area contributed by atoms with Crippen molar-refractivity contribution in [2.45, 2.75) is 44.0 Å². The van der Waals surface area contributed by atoms with E-state index >= 15 is 0 Å². The average molecular weight is 632 g/mol. The van der Waals surface area contributed by atoms with E-state index in [0.717, 1.165) is 17.1 Å². The molecule has 1 unspecified atom stereocenters. The van der Waals surface area contributed by atoms with E-state index in [4.69, 9.17) is 16.9 Å². The number of carbonyl (C=O) groups is 3. The van der Waals surface area contributed by atoms with Gasteiger partial charge in [0.15, 0.2) is 0 Å². The molecule has 2 aliphatic heterocycles. The van der Waals surface area contributed by atoms with Crippen LogP contribution < -0.4 is 14.9 Å². The minimum atomic E-state index is -4.37. The van der Waals surface area contributed by atoms with Crippen molar-refractivity contribution in [2.75, 3.05) is 22.7 Å². The first-order valence-corrected chi connectivity index (χ1v) is 15.8. The van der Waals surface area contributed by atoms with Gasteiger partial charge in [-0.2, -0.15) is 5.26 Å². The van der Waals surface area contributed by atoms with Crippen molar-refractivity contribution in [3.8, 4) is 6.07 Å². The van der Waals surface area contributed by atoms with Crippen LogP contribution in [0.4, 0.5) is 11.4 Å². The first kappa shape index (κ1) is 30.8. The molecule has 1 saturated heterocycles. The number of hydrogen-bond acceptors (Lipinski definition) is 6. The number of para-hydroxylation sites is 2. The maximum atomic E-state index is 14.2. The third kappa shape index (κ3) is 6.18. The van der Waals surface area contributed by atoms with Crippen LogP contribution in [0.15, 0.2) is 71.3 Å². The number of nitrogens with one attached hydrogen (secondary N) is 2. The Morgan fingerprint density at radius 1 is 1.07 bits per heavy atom. The zero-order valence-electron chi connectivity index (χ0n) is 24.1. The second-order valence-electron chi connectivity index (χ2n) is 10.7. The molecule has 2 aliphatic rings. The van der Waals surface area contributed by atoms with Crippen molar-refractivity contribution in [3.63, 3.8) is 0 Å². The quantitative estimate of drug-likeness (QED) is 0.368. The molecule has 2 heterocycles. The molecular weight excluding hydrogens is 602 g/mol. The number of benzene rings is 3. The molecule has 3 amide bonds. The number of carbonyl (C=O) groups excluding carboxylic acids is 3. The van der Waals surface area contributed by atoms with Gasteiger partial charge in [-0.25, -0.2) is 8.42 Å². The van der Waals surface area contributed by atoms with Crippen molar-refractivity contribution in [1.29, 1.82) is 5.26 Å². The average Bonchev–Trinajstić information content (AvgIpc) is 3.54. The van der Waals surface area contributed by atoms with Crippen LogP contribution in [0.5, 0.6) is 0 Å². The molecule has 0 aromatic heterocycles. The number of nitrogens with zero attached hydrogens (tertiary/aromatic N) is 3. The first-order valence-electron chi connectivity index (χ1n) is 14.0. The lowest BCUT2D eigenvalue weighted by atomic mass is 10.1. The van der Waals surface area contributed by atoms with Gasteiger partial charge >= 0.3 is 0 Å². The van der Waals surface area contributed by atoms with Crippen LogP contribution in [0.3, 0.4) is 0 Å². The highest BCUT2D eigenvalue weighted by Gasteiger charge is 2.43. The summed E-state index contributed by atoms with van der Waals surface area (Å²) < 4.78 is 29.5. The summed E-state index contributed by atoms with van der Waals surface area (Å²) in [7, 11) is -4.37. The van der Waals surface area contributed by atoms with Crippen molar-refractivity contribution in [3.05, 3.63) is 93.6 Å². The number of aryl methyl sites for hydroxylation is 2. The minimum Gasteiger partial charge on any atom is -0.337 e. The fraction of sp³-hybridized carbons (Fsp3) is 0.250. The smallest absolute Gasteiger partial charge is 0.270 e. The number of rotatable bonds is 7. The standard InChI is InChI=1S/C32H30ClN5O5S/c1-20-16-29(21(2)15-24(20)33)44(42,43)38-27-8-4-3-7-25(27)36-31(40)28(38)18-30(39)35-26(32(41)37-13-5-6-14-37)17-22-9-11-23(19-34)12-10-22/h3-4,7-12,15-17,28H,5-6,13-14,18H2,1-2H3,(H,35,39)(H,36,40)/b26-17+. The number of halogens is 1. The molecule has 0 bridgehead atoms. The molecule has 0 spiro atoms. The predicted molar refractivity (Wildman–Crippen MR) is 167 cm³/mol. The molecule has 10 nitrogen and oxygen atoms in total. The maximum Gasteiger partial charge on any atom is 0.270 e. The van der Waals surface area contributed by atoms with Crippen LogP contribution >= 0.6 is 11.6 Å². The van der Waals surface area contributed by atoms with Gasteiger partial charge in [-0.3, -0.25) is 18.7 Å². The Hall–Kier alpha value is -4.66. The van der Waals surface area contributed by atoms with Crippen molar-refractivity contribution in [1.82, 2.24) is 10.2 Å². The minimum absolute atomic E-state index is 0.0168. The zero-order chi connectivity index (χ0) is 31.6. The normalized spacial score (nSPS) is 16.6. The Kier molecular flexibility index (Phi) is 8.76. The van der Waals surface area contributed by atoms with Crippen LogP contribution in [0, 0.1) is 25.2 Å². The van der Waals surface area contributed by atoms with Crippen molar-refractivity contribution >= 4 is 56.8 Å². The maximum absolute atomic E-state index is 14.2. The molecule has 2 N–H and O–H groups in total. The van der Waals surface area contributed by atoms with E-state index in [1.807, 2.05) is 6.07 Å². The Balaban J connectivity index is 1.50. The molecule has 0 aliphatic carbocycles. The molecule has 3 aromatic carbocycles. The number of amides is 3. The highest BCUT2D eigenvalue weighted by molar-refractivity contribution is 7.93. The molecule has 1 fully saturated rings. The number of sulfonamides is 1. The fourth-order valence-electron chi connectivity index (χ4n) is 5.31. The molecule has 44 heavy (non-hydrogen) atoms. The molecule has 226 valence electrons. The van der Waals surface area contributed by atoms with E-state index < -0.39 is 40.2 Å². The summed E-state index contributed by atoms with van der Waals surface area (Å²) in [5, 5.41) is 14.9. The monoisotopic (exact) mass is 631 g/mol. The lowest BCUT2D eigenvalue weighted by molar-refractivity contribution is -0.129. The fourth-order valence-corrected chi connectivity index (χ4v) is 7.46. The lowest BCUT2D eigenvalue weighted by Crippen LogP contribution is -2.53. The van der Waals surface area contributed by atoms with Gasteiger partial charge in [0.1, 0.15) is 11.7 Å². The lowest BCUT2D eigenvalue weighted by Gasteiger charge is -2.37. The highest BCUT2D eigenvalue weighted by Crippen LogP contribution is 2.38. The molecule has 5 rings (SSSR count). The third-order valence-corrected chi connectivity index (χ3v) is 9.98. The Morgan fingerprint density at radius 2 is 1.75 bits per heavy atom. The Morgan fingerprint density at radius 3 is 2.43 bits per heavy atom. The number of nitriles is 1. The van der Waals surface area contributed by atoms with Gasteiger partial charge in [-0.05, 0) is 85.9 Å². The summed E-state index contributed by atoms with van der Waals surface area (Å²) in [5.74, 6) is -1.80. The SMILES string of the molecule is Cc1cc(S(=O)(=O)N2c3ccccc3NC(=O)C2CC(=O)N/C(=C/c2ccc(C#N)cc2)C(=O)N2CCCC2)c(C)cc1Cl. The van der Waals surface area contributed by atoms with Crippen LogP contribution in [0.2, 0.25) is 5.02 Å². The van der Waals surface area contributed by atoms with Crippen LogP contribution in [-0.4, -0.2) is 50.2 Å². The van der Waals surface area contributed by atoms with Gasteiger partial charge < -0.3 is 15.5 Å². The Labute approximate surface area is 261 Å². The summed E-state index contributed by atoms with van der Waals surface area (Å²) >= 11 is 6.24. The molecule has 0 radical (unpaired) electrons. The van der Waals surface area contributed by atoms with E-state index in [0.29, 0.717) is 40.4 Å². The van der Waals surface area contributed by atoms with E-state index in [9.17, 15) is 22.8 Å². The number of fused-ring (bicyclic) bond motifs is 1. The summed E-state index contributed by atoms with van der Waals surface area (Å²) in [4.78, 5) is 42.0. The highest BCUT2D eigenvalue weighted by atomic mass is 35.5. The molecule has 3 aromatic rings. The van der Waals surface area contributed by atoms with Crippen molar-refractivity contribution in [2.24, 2.45) is 0 Å². The first-order chi connectivity index (χ1) is 21.0. The summed E-state index contributed by atoms with van der Waals surface area (Å²) in [5.41, 5.74) is 2.42. The molecular formula is C32H30ClN5O5S. The second-order valence-corrected chi connectivity index (χ2v) is 12.9. The molecule has 12 heteroatoms. The van der Waals surface area contributed by atoms with E-state index in [-0.39, 0.29) is 22.0 Å². The number of likely N-dealkylation sites (tertiary alicyclic amines) is 1. The number of hydrogen-bond donors (Lipinski definition) is 2. The summed E-state index contributed by atoms with van der Waals surface area (Å²) in [6.07, 6.45) is 2.61. The van der Waals surface area contributed by atoms with Crippen LogP contribution in [-0.2, 0) is 24.4 Å². The van der Waals surface area contributed by atoms with Gasteiger partial charge in [0.25, 0.3) is 15.9 Å². The summed E-state index contributed by atoms with van der Waals surface area (Å²) in [6, 6.07) is 16.5. The zero-order valence-corrected chi connectivity index (χ0v) is 25.7.